The van der Waals surface area contributed by atoms with E-state index in [1.807, 2.05) is 7.05 Å². The van der Waals surface area contributed by atoms with Crippen LogP contribution in [-0.2, 0) is 4.79 Å². The van der Waals surface area contributed by atoms with E-state index < -0.39 is 5.97 Å². The second kappa shape index (κ2) is 3.90. The monoisotopic (exact) mass is 171 g/mol. The molecule has 0 aromatic heterocycles. The van der Waals surface area contributed by atoms with Gasteiger partial charge in [0.05, 0.1) is 5.92 Å². The van der Waals surface area contributed by atoms with Gasteiger partial charge in [0.2, 0.25) is 0 Å². The SMILES string of the molecule is CCCC(NC)C1CC1C(=O)O. The number of carbonyl (C=O) groups is 1. The Morgan fingerprint density at radius 2 is 2.42 bits per heavy atom. The van der Waals surface area contributed by atoms with E-state index in [1.54, 1.807) is 0 Å². The van der Waals surface area contributed by atoms with Crippen molar-refractivity contribution in [3.63, 3.8) is 0 Å². The predicted octanol–water partition coefficient (Wildman–Crippen LogP) is 1.10. The van der Waals surface area contributed by atoms with Gasteiger partial charge in [0.1, 0.15) is 0 Å². The summed E-state index contributed by atoms with van der Waals surface area (Å²) in [4.78, 5) is 10.6. The standard InChI is InChI=1S/C9H17NO2/c1-3-4-8(10-2)6-5-7(6)9(11)12/h6-8,10H,3-5H2,1-2H3,(H,11,12). The summed E-state index contributed by atoms with van der Waals surface area (Å²) < 4.78 is 0. The first kappa shape index (κ1) is 9.52. The lowest BCUT2D eigenvalue weighted by Crippen LogP contribution is -2.28. The third kappa shape index (κ3) is 1.97. The van der Waals surface area contributed by atoms with Crippen molar-refractivity contribution in [1.82, 2.24) is 5.32 Å². The molecule has 0 aromatic rings. The molecule has 0 saturated heterocycles. The van der Waals surface area contributed by atoms with Crippen LogP contribution in [0.3, 0.4) is 0 Å². The summed E-state index contributed by atoms with van der Waals surface area (Å²) in [5.74, 6) is -0.321. The molecule has 0 spiro atoms. The van der Waals surface area contributed by atoms with Crippen LogP contribution in [0, 0.1) is 11.8 Å². The summed E-state index contributed by atoms with van der Waals surface area (Å²) in [6, 6.07) is 0.413. The van der Waals surface area contributed by atoms with Gasteiger partial charge >= 0.3 is 5.97 Å². The van der Waals surface area contributed by atoms with Gasteiger partial charge in [0.15, 0.2) is 0 Å². The molecule has 70 valence electrons. The van der Waals surface area contributed by atoms with Crippen LogP contribution >= 0.6 is 0 Å². The predicted molar refractivity (Wildman–Crippen MR) is 47.0 cm³/mol. The zero-order valence-corrected chi connectivity index (χ0v) is 7.71. The fourth-order valence-electron chi connectivity index (χ4n) is 1.83. The van der Waals surface area contributed by atoms with Gasteiger partial charge in [0, 0.05) is 6.04 Å². The number of hydrogen-bond acceptors (Lipinski definition) is 2. The molecule has 3 unspecified atom stereocenters. The molecule has 1 rings (SSSR count). The molecule has 1 aliphatic rings. The van der Waals surface area contributed by atoms with Gasteiger partial charge in [-0.1, -0.05) is 13.3 Å². The van der Waals surface area contributed by atoms with E-state index in [1.165, 1.54) is 0 Å². The lowest BCUT2D eigenvalue weighted by atomic mass is 10.1. The van der Waals surface area contributed by atoms with E-state index >= 15 is 0 Å². The molecule has 3 nitrogen and oxygen atoms in total. The smallest absolute Gasteiger partial charge is 0.306 e. The fraction of sp³-hybridized carbons (Fsp3) is 0.889. The summed E-state index contributed by atoms with van der Waals surface area (Å²) in [6.07, 6.45) is 3.07. The van der Waals surface area contributed by atoms with Crippen LogP contribution in [0.4, 0.5) is 0 Å². The lowest BCUT2D eigenvalue weighted by Gasteiger charge is -2.13. The van der Waals surface area contributed by atoms with Gasteiger partial charge in [-0.3, -0.25) is 4.79 Å². The van der Waals surface area contributed by atoms with E-state index in [-0.39, 0.29) is 5.92 Å². The molecule has 0 bridgehead atoms. The Labute approximate surface area is 73.2 Å². The molecule has 0 radical (unpaired) electrons. The van der Waals surface area contributed by atoms with Crippen LogP contribution < -0.4 is 5.32 Å². The highest BCUT2D eigenvalue weighted by Gasteiger charge is 2.46. The van der Waals surface area contributed by atoms with Gasteiger partial charge in [-0.2, -0.15) is 0 Å². The molecule has 0 heterocycles. The number of carboxylic acids is 1. The first-order valence-corrected chi connectivity index (χ1v) is 4.60. The van der Waals surface area contributed by atoms with Crippen LogP contribution in [0.15, 0.2) is 0 Å². The third-order valence-corrected chi connectivity index (χ3v) is 2.64. The molecule has 1 aliphatic carbocycles. The Morgan fingerprint density at radius 3 is 2.75 bits per heavy atom. The zero-order chi connectivity index (χ0) is 9.14. The minimum absolute atomic E-state index is 0.0750. The molecular weight excluding hydrogens is 154 g/mol. The third-order valence-electron chi connectivity index (χ3n) is 2.64. The highest BCUT2D eigenvalue weighted by atomic mass is 16.4. The number of carboxylic acid groups (broad SMARTS) is 1. The quantitative estimate of drug-likeness (QED) is 0.651. The molecular formula is C9H17NO2. The maximum Gasteiger partial charge on any atom is 0.306 e. The Morgan fingerprint density at radius 1 is 1.75 bits per heavy atom. The summed E-state index contributed by atoms with van der Waals surface area (Å²) in [5, 5.41) is 11.9. The highest BCUT2D eigenvalue weighted by molar-refractivity contribution is 5.73. The van der Waals surface area contributed by atoms with Crippen molar-refractivity contribution >= 4 is 5.97 Å². The van der Waals surface area contributed by atoms with E-state index in [4.69, 9.17) is 5.11 Å². The van der Waals surface area contributed by atoms with E-state index in [9.17, 15) is 4.79 Å². The first-order valence-electron chi connectivity index (χ1n) is 4.60. The zero-order valence-electron chi connectivity index (χ0n) is 7.71. The molecule has 3 heteroatoms. The van der Waals surface area contributed by atoms with Crippen molar-refractivity contribution in [2.45, 2.75) is 32.2 Å². The normalized spacial score (nSPS) is 29.8. The van der Waals surface area contributed by atoms with E-state index in [0.29, 0.717) is 12.0 Å². The molecule has 1 fully saturated rings. The van der Waals surface area contributed by atoms with Gasteiger partial charge in [0.25, 0.3) is 0 Å². The number of aliphatic carboxylic acids is 1. The highest BCUT2D eigenvalue weighted by Crippen LogP contribution is 2.42. The van der Waals surface area contributed by atoms with Gasteiger partial charge in [-0.05, 0) is 25.8 Å². The Bertz CT molecular complexity index is 170. The maximum atomic E-state index is 10.6. The van der Waals surface area contributed by atoms with Crippen LogP contribution in [0.1, 0.15) is 26.2 Å². The second-order valence-corrected chi connectivity index (χ2v) is 3.53. The minimum atomic E-state index is -0.628. The number of hydrogen-bond donors (Lipinski definition) is 2. The average molecular weight is 171 g/mol. The van der Waals surface area contributed by atoms with Gasteiger partial charge in [-0.25, -0.2) is 0 Å². The van der Waals surface area contributed by atoms with E-state index in [0.717, 1.165) is 19.3 Å². The van der Waals surface area contributed by atoms with Crippen molar-refractivity contribution in [3.8, 4) is 0 Å². The number of nitrogens with one attached hydrogen (secondary N) is 1. The first-order chi connectivity index (χ1) is 5.70. The number of rotatable bonds is 5. The van der Waals surface area contributed by atoms with Gasteiger partial charge in [-0.15, -0.1) is 0 Å². The fourth-order valence-corrected chi connectivity index (χ4v) is 1.83. The summed E-state index contributed by atoms with van der Waals surface area (Å²) in [6.45, 7) is 2.13. The van der Waals surface area contributed by atoms with Crippen LogP contribution in [0.2, 0.25) is 0 Å². The van der Waals surface area contributed by atoms with Crippen molar-refractivity contribution in [2.75, 3.05) is 7.05 Å². The minimum Gasteiger partial charge on any atom is -0.481 e. The second-order valence-electron chi connectivity index (χ2n) is 3.53. The summed E-state index contributed by atoms with van der Waals surface area (Å²) in [5.41, 5.74) is 0. The van der Waals surface area contributed by atoms with Crippen molar-refractivity contribution in [1.29, 1.82) is 0 Å². The Kier molecular flexibility index (Phi) is 3.09. The average Bonchev–Trinajstić information content (AvgIpc) is 2.79. The largest absolute Gasteiger partial charge is 0.481 e. The van der Waals surface area contributed by atoms with Crippen LogP contribution in [0.25, 0.3) is 0 Å². The molecule has 1 saturated carbocycles. The maximum absolute atomic E-state index is 10.6. The van der Waals surface area contributed by atoms with Crippen molar-refractivity contribution < 1.29 is 9.90 Å². The summed E-state index contributed by atoms with van der Waals surface area (Å²) >= 11 is 0. The lowest BCUT2D eigenvalue weighted by molar-refractivity contribution is -0.138. The molecule has 2 N–H and O–H groups in total. The summed E-state index contributed by atoms with van der Waals surface area (Å²) in [7, 11) is 1.91. The molecule has 12 heavy (non-hydrogen) atoms. The van der Waals surface area contributed by atoms with Crippen LogP contribution in [0.5, 0.6) is 0 Å². The van der Waals surface area contributed by atoms with Crippen molar-refractivity contribution in [3.05, 3.63) is 0 Å². The van der Waals surface area contributed by atoms with Crippen molar-refractivity contribution in [2.24, 2.45) is 11.8 Å². The molecule has 0 amide bonds. The Balaban J connectivity index is 2.33. The van der Waals surface area contributed by atoms with E-state index in [2.05, 4.69) is 12.2 Å². The Hall–Kier alpha value is -0.570. The molecule has 0 aliphatic heterocycles. The molecule has 3 atom stereocenters. The molecule has 0 aromatic carbocycles. The van der Waals surface area contributed by atoms with Crippen LogP contribution in [-0.4, -0.2) is 24.2 Å². The topological polar surface area (TPSA) is 49.3 Å². The van der Waals surface area contributed by atoms with Gasteiger partial charge < -0.3 is 10.4 Å².